The van der Waals surface area contributed by atoms with Crippen molar-refractivity contribution in [2.75, 3.05) is 7.11 Å². The summed E-state index contributed by atoms with van der Waals surface area (Å²) in [5.41, 5.74) is 3.31. The third-order valence-electron chi connectivity index (χ3n) is 4.13. The lowest BCUT2D eigenvalue weighted by Gasteiger charge is -2.15. The summed E-state index contributed by atoms with van der Waals surface area (Å²) in [6.07, 6.45) is 0. The largest absolute Gasteiger partial charge is 0.496 e. The highest BCUT2D eigenvalue weighted by Crippen LogP contribution is 2.31. The Bertz CT molecular complexity index is 981. The number of aliphatic hydroxyl groups excluding tert-OH is 1. The van der Waals surface area contributed by atoms with Gasteiger partial charge in [-0.3, -0.25) is 9.56 Å². The van der Waals surface area contributed by atoms with Gasteiger partial charge in [0.15, 0.2) is 11.6 Å². The Hall–Kier alpha value is -2.70. The van der Waals surface area contributed by atoms with Crippen molar-refractivity contribution in [3.8, 4) is 11.4 Å². The van der Waals surface area contributed by atoms with Crippen molar-refractivity contribution in [1.29, 1.82) is 0 Å². The molecule has 25 heavy (non-hydrogen) atoms. The first kappa shape index (κ1) is 15.8. The molecule has 1 N–H and O–H groups in total. The summed E-state index contributed by atoms with van der Waals surface area (Å²) in [6, 6.07) is 13.3. The lowest BCUT2D eigenvalue weighted by Crippen LogP contribution is -2.10. The number of aliphatic hydroxyl groups is 1. The minimum absolute atomic E-state index is 0.209. The Morgan fingerprint density at radius 1 is 1.16 bits per heavy atom. The standard InChI is InChI=1S/C18H15ClN4O2/c1-25-15-5-3-2-4-12(15)18-13-8-11(19)6-7-14(13)23-16(9-20-18)21-22-17(23)10-24/h2-8,24H,9-10H2,1H3. The number of methoxy groups -OCH3 is 1. The summed E-state index contributed by atoms with van der Waals surface area (Å²) < 4.78 is 7.33. The van der Waals surface area contributed by atoms with E-state index < -0.39 is 0 Å². The molecule has 1 aliphatic heterocycles. The number of aliphatic imine (C=N–C) groups is 1. The van der Waals surface area contributed by atoms with Gasteiger partial charge in [0.05, 0.1) is 18.5 Å². The number of rotatable bonds is 3. The summed E-state index contributed by atoms with van der Waals surface area (Å²) >= 11 is 6.25. The quantitative estimate of drug-likeness (QED) is 0.785. The molecule has 0 bridgehead atoms. The molecule has 6 nitrogen and oxygen atoms in total. The highest BCUT2D eigenvalue weighted by atomic mass is 35.5. The fraction of sp³-hybridized carbons (Fsp3) is 0.167. The number of aromatic nitrogens is 3. The van der Waals surface area contributed by atoms with Gasteiger partial charge in [-0.25, -0.2) is 0 Å². The van der Waals surface area contributed by atoms with Crippen molar-refractivity contribution in [1.82, 2.24) is 14.8 Å². The summed E-state index contributed by atoms with van der Waals surface area (Å²) in [5, 5.41) is 18.4. The van der Waals surface area contributed by atoms with Crippen molar-refractivity contribution in [2.24, 2.45) is 4.99 Å². The first-order valence-corrected chi connectivity index (χ1v) is 8.13. The molecule has 1 aromatic heterocycles. The van der Waals surface area contributed by atoms with Crippen molar-refractivity contribution >= 4 is 17.3 Å². The van der Waals surface area contributed by atoms with E-state index in [1.807, 2.05) is 41.0 Å². The van der Waals surface area contributed by atoms with Gasteiger partial charge in [0.25, 0.3) is 0 Å². The zero-order valence-corrected chi connectivity index (χ0v) is 14.2. The third kappa shape index (κ3) is 2.59. The van der Waals surface area contributed by atoms with Gasteiger partial charge in [-0.2, -0.15) is 0 Å². The van der Waals surface area contributed by atoms with Gasteiger partial charge in [0.1, 0.15) is 18.9 Å². The summed E-state index contributed by atoms with van der Waals surface area (Å²) in [6.45, 7) is 0.131. The maximum Gasteiger partial charge on any atom is 0.163 e. The molecule has 4 rings (SSSR count). The number of benzene rings is 2. The minimum Gasteiger partial charge on any atom is -0.496 e. The second-order valence-corrected chi connectivity index (χ2v) is 5.99. The Morgan fingerprint density at radius 2 is 2.00 bits per heavy atom. The Labute approximate surface area is 149 Å². The van der Waals surface area contributed by atoms with Crippen LogP contribution in [0.1, 0.15) is 22.8 Å². The SMILES string of the molecule is COc1ccccc1C1=NCc2nnc(CO)n2-c2ccc(Cl)cc21. The highest BCUT2D eigenvalue weighted by Gasteiger charge is 2.24. The van der Waals surface area contributed by atoms with E-state index in [0.29, 0.717) is 23.2 Å². The average Bonchev–Trinajstić information content (AvgIpc) is 2.98. The molecule has 2 aromatic carbocycles. The van der Waals surface area contributed by atoms with Gasteiger partial charge in [0, 0.05) is 16.1 Å². The minimum atomic E-state index is -0.209. The molecule has 0 atom stereocenters. The van der Waals surface area contributed by atoms with Crippen LogP contribution in [0.3, 0.4) is 0 Å². The first-order valence-electron chi connectivity index (χ1n) is 7.75. The molecule has 126 valence electrons. The maximum atomic E-state index is 9.61. The van der Waals surface area contributed by atoms with Crippen LogP contribution in [-0.2, 0) is 13.2 Å². The predicted molar refractivity (Wildman–Crippen MR) is 94.6 cm³/mol. The lowest BCUT2D eigenvalue weighted by molar-refractivity contribution is 0.268. The molecular weight excluding hydrogens is 340 g/mol. The number of para-hydroxylation sites is 1. The second kappa shape index (κ2) is 6.31. The lowest BCUT2D eigenvalue weighted by atomic mass is 9.99. The van der Waals surface area contributed by atoms with E-state index in [2.05, 4.69) is 10.2 Å². The van der Waals surface area contributed by atoms with Crippen molar-refractivity contribution < 1.29 is 9.84 Å². The van der Waals surface area contributed by atoms with Crippen LogP contribution in [0.15, 0.2) is 47.5 Å². The molecule has 2 heterocycles. The molecule has 3 aromatic rings. The number of halogens is 1. The average molecular weight is 355 g/mol. The number of hydrogen-bond acceptors (Lipinski definition) is 5. The van der Waals surface area contributed by atoms with E-state index in [9.17, 15) is 5.11 Å². The van der Waals surface area contributed by atoms with Crippen molar-refractivity contribution in [3.63, 3.8) is 0 Å². The van der Waals surface area contributed by atoms with Crippen LogP contribution in [0.2, 0.25) is 5.02 Å². The zero-order valence-electron chi connectivity index (χ0n) is 13.5. The Balaban J connectivity index is 2.00. The van der Waals surface area contributed by atoms with Crippen LogP contribution in [0, 0.1) is 0 Å². The van der Waals surface area contributed by atoms with Gasteiger partial charge < -0.3 is 9.84 Å². The first-order chi connectivity index (χ1) is 12.2. The fourth-order valence-corrected chi connectivity index (χ4v) is 3.21. The van der Waals surface area contributed by atoms with E-state index in [1.165, 1.54) is 0 Å². The number of fused-ring (bicyclic) bond motifs is 3. The topological polar surface area (TPSA) is 72.5 Å². The van der Waals surface area contributed by atoms with Crippen LogP contribution in [0.5, 0.6) is 5.75 Å². The fourth-order valence-electron chi connectivity index (χ4n) is 3.03. The monoisotopic (exact) mass is 354 g/mol. The summed E-state index contributed by atoms with van der Waals surface area (Å²) in [7, 11) is 1.63. The zero-order chi connectivity index (χ0) is 17.4. The van der Waals surface area contributed by atoms with Gasteiger partial charge in [-0.05, 0) is 30.3 Å². The maximum absolute atomic E-state index is 9.61. The van der Waals surface area contributed by atoms with E-state index in [-0.39, 0.29) is 6.61 Å². The second-order valence-electron chi connectivity index (χ2n) is 5.55. The van der Waals surface area contributed by atoms with Gasteiger partial charge in [0.2, 0.25) is 0 Å². The molecule has 0 saturated heterocycles. The van der Waals surface area contributed by atoms with Crippen LogP contribution < -0.4 is 4.74 Å². The third-order valence-corrected chi connectivity index (χ3v) is 4.37. The van der Waals surface area contributed by atoms with Crippen LogP contribution in [0.25, 0.3) is 5.69 Å². The Morgan fingerprint density at radius 3 is 2.80 bits per heavy atom. The number of nitrogens with zero attached hydrogens (tertiary/aromatic N) is 4. The molecule has 0 saturated carbocycles. The molecule has 1 aliphatic rings. The number of ether oxygens (including phenoxy) is 1. The summed E-state index contributed by atoms with van der Waals surface area (Å²) in [4.78, 5) is 4.75. The van der Waals surface area contributed by atoms with E-state index in [0.717, 1.165) is 28.3 Å². The van der Waals surface area contributed by atoms with Crippen LogP contribution in [0.4, 0.5) is 0 Å². The van der Waals surface area contributed by atoms with Gasteiger partial charge >= 0.3 is 0 Å². The number of hydrogen-bond donors (Lipinski definition) is 1. The molecule has 0 unspecified atom stereocenters. The molecule has 0 amide bonds. The van der Waals surface area contributed by atoms with Crippen molar-refractivity contribution in [3.05, 3.63) is 70.3 Å². The molecule has 0 aliphatic carbocycles. The molecule has 0 fully saturated rings. The molecule has 0 radical (unpaired) electrons. The van der Waals surface area contributed by atoms with E-state index in [1.54, 1.807) is 13.2 Å². The van der Waals surface area contributed by atoms with E-state index in [4.69, 9.17) is 21.3 Å². The van der Waals surface area contributed by atoms with Gasteiger partial charge in [-0.15, -0.1) is 10.2 Å². The van der Waals surface area contributed by atoms with Gasteiger partial charge in [-0.1, -0.05) is 23.7 Å². The molecule has 7 heteroatoms. The molecule has 0 spiro atoms. The van der Waals surface area contributed by atoms with Crippen molar-refractivity contribution in [2.45, 2.75) is 13.2 Å². The van der Waals surface area contributed by atoms with Crippen LogP contribution in [-0.4, -0.2) is 32.7 Å². The smallest absolute Gasteiger partial charge is 0.163 e. The molecular formula is C18H15ClN4O2. The van der Waals surface area contributed by atoms with E-state index >= 15 is 0 Å². The Kier molecular flexibility index (Phi) is 3.99. The van der Waals surface area contributed by atoms with Crippen LogP contribution >= 0.6 is 11.6 Å². The normalized spacial score (nSPS) is 12.8. The predicted octanol–water partition coefficient (Wildman–Crippen LogP) is 2.77. The highest BCUT2D eigenvalue weighted by molar-refractivity contribution is 6.31. The summed E-state index contributed by atoms with van der Waals surface area (Å²) in [5.74, 6) is 1.86.